The summed E-state index contributed by atoms with van der Waals surface area (Å²) in [5.74, 6) is 0.711. The highest BCUT2D eigenvalue weighted by Gasteiger charge is 2.18. The molecule has 0 saturated heterocycles. The molecule has 0 unspecified atom stereocenters. The maximum absolute atomic E-state index is 10.4. The van der Waals surface area contributed by atoms with E-state index in [1.165, 1.54) is 32.7 Å². The highest BCUT2D eigenvalue weighted by atomic mass is 16.3. The lowest BCUT2D eigenvalue weighted by atomic mass is 9.84. The molecule has 2 heteroatoms. The molecule has 0 heterocycles. The van der Waals surface area contributed by atoms with E-state index in [4.69, 9.17) is 0 Å². The van der Waals surface area contributed by atoms with Gasteiger partial charge in [-0.05, 0) is 118 Å². The van der Waals surface area contributed by atoms with Crippen molar-refractivity contribution < 1.29 is 10.2 Å². The van der Waals surface area contributed by atoms with Gasteiger partial charge in [-0.15, -0.1) is 0 Å². The molecule has 2 nitrogen and oxygen atoms in total. The van der Waals surface area contributed by atoms with Crippen molar-refractivity contribution in [2.75, 3.05) is 0 Å². The van der Waals surface area contributed by atoms with E-state index < -0.39 is 0 Å². The van der Waals surface area contributed by atoms with Crippen LogP contribution in [0.1, 0.15) is 22.3 Å². The predicted molar refractivity (Wildman–Crippen MR) is 135 cm³/mol. The number of benzene rings is 5. The van der Waals surface area contributed by atoms with E-state index in [0.717, 1.165) is 33.4 Å². The number of phenols is 2. The van der Waals surface area contributed by atoms with Crippen molar-refractivity contribution in [3.8, 4) is 33.8 Å². The SMILES string of the molecule is Cc1cc(-c2c3ccccc3c(-c3cc(C)c(O)c(C)c3)c3ccccc23)cc(C)c1O. The maximum atomic E-state index is 10.4. The third-order valence-corrected chi connectivity index (χ3v) is 6.49. The van der Waals surface area contributed by atoms with E-state index in [-0.39, 0.29) is 0 Å². The summed E-state index contributed by atoms with van der Waals surface area (Å²) in [6.45, 7) is 7.80. The molecule has 158 valence electrons. The molecule has 0 saturated carbocycles. The second-order valence-corrected chi connectivity index (χ2v) is 8.76. The normalized spacial score (nSPS) is 11.4. The van der Waals surface area contributed by atoms with Crippen molar-refractivity contribution >= 4 is 21.5 Å². The fraction of sp³-hybridized carbons (Fsp3) is 0.133. The van der Waals surface area contributed by atoms with Crippen molar-refractivity contribution in [2.24, 2.45) is 0 Å². The minimum absolute atomic E-state index is 0.356. The van der Waals surface area contributed by atoms with Crippen LogP contribution in [0.25, 0.3) is 43.8 Å². The topological polar surface area (TPSA) is 40.5 Å². The molecule has 0 amide bonds. The molecule has 0 radical (unpaired) electrons. The van der Waals surface area contributed by atoms with Crippen LogP contribution in [-0.4, -0.2) is 10.2 Å². The summed E-state index contributed by atoms with van der Waals surface area (Å²) in [4.78, 5) is 0. The maximum Gasteiger partial charge on any atom is 0.121 e. The van der Waals surface area contributed by atoms with Gasteiger partial charge in [-0.1, -0.05) is 48.5 Å². The Kier molecular flexibility index (Phi) is 4.67. The molecule has 0 fully saturated rings. The van der Waals surface area contributed by atoms with Crippen molar-refractivity contribution in [1.82, 2.24) is 0 Å². The molecule has 0 spiro atoms. The van der Waals surface area contributed by atoms with Gasteiger partial charge in [0, 0.05) is 0 Å². The quantitative estimate of drug-likeness (QED) is 0.285. The second-order valence-electron chi connectivity index (χ2n) is 8.76. The van der Waals surface area contributed by atoms with Crippen LogP contribution in [0.5, 0.6) is 11.5 Å². The largest absolute Gasteiger partial charge is 0.507 e. The van der Waals surface area contributed by atoms with Gasteiger partial charge in [0.15, 0.2) is 0 Å². The van der Waals surface area contributed by atoms with Crippen LogP contribution in [0, 0.1) is 27.7 Å². The van der Waals surface area contributed by atoms with E-state index in [0.29, 0.717) is 11.5 Å². The number of fused-ring (bicyclic) bond motifs is 2. The van der Waals surface area contributed by atoms with Crippen LogP contribution in [0.15, 0.2) is 72.8 Å². The Labute approximate surface area is 188 Å². The van der Waals surface area contributed by atoms with Crippen LogP contribution in [0.3, 0.4) is 0 Å². The fourth-order valence-electron chi connectivity index (χ4n) is 4.95. The Morgan fingerprint density at radius 3 is 0.938 bits per heavy atom. The van der Waals surface area contributed by atoms with Crippen LogP contribution in [0.2, 0.25) is 0 Å². The first kappa shape index (κ1) is 20.1. The smallest absolute Gasteiger partial charge is 0.121 e. The molecular weight excluding hydrogens is 392 g/mol. The zero-order valence-electron chi connectivity index (χ0n) is 18.8. The van der Waals surface area contributed by atoms with Crippen molar-refractivity contribution in [2.45, 2.75) is 27.7 Å². The van der Waals surface area contributed by atoms with E-state index in [1.54, 1.807) is 0 Å². The van der Waals surface area contributed by atoms with Crippen molar-refractivity contribution in [3.63, 3.8) is 0 Å². The average Bonchev–Trinajstić information content (AvgIpc) is 2.78. The van der Waals surface area contributed by atoms with E-state index in [2.05, 4.69) is 72.8 Å². The number of hydrogen-bond acceptors (Lipinski definition) is 2. The summed E-state index contributed by atoms with van der Waals surface area (Å²) in [7, 11) is 0. The van der Waals surface area contributed by atoms with Gasteiger partial charge in [0.25, 0.3) is 0 Å². The zero-order valence-corrected chi connectivity index (χ0v) is 18.8. The van der Waals surface area contributed by atoms with E-state index in [1.807, 2.05) is 27.7 Å². The Morgan fingerprint density at radius 1 is 0.438 bits per heavy atom. The monoisotopic (exact) mass is 418 g/mol. The Balaban J connectivity index is 1.97. The van der Waals surface area contributed by atoms with Crippen LogP contribution >= 0.6 is 0 Å². The predicted octanol–water partition coefficient (Wildman–Crippen LogP) is 7.97. The number of phenolic OH excluding ortho intramolecular Hbond substituents is 2. The van der Waals surface area contributed by atoms with Gasteiger partial charge in [0.1, 0.15) is 11.5 Å². The van der Waals surface area contributed by atoms with Gasteiger partial charge in [-0.25, -0.2) is 0 Å². The Hall–Kier alpha value is -3.78. The fourth-order valence-corrected chi connectivity index (χ4v) is 4.95. The van der Waals surface area contributed by atoms with Gasteiger partial charge in [0.2, 0.25) is 0 Å². The number of hydrogen-bond donors (Lipinski definition) is 2. The van der Waals surface area contributed by atoms with E-state index in [9.17, 15) is 10.2 Å². The number of aryl methyl sites for hydroxylation is 4. The minimum Gasteiger partial charge on any atom is -0.507 e. The van der Waals surface area contributed by atoms with Crippen LogP contribution in [-0.2, 0) is 0 Å². The van der Waals surface area contributed by atoms with Gasteiger partial charge < -0.3 is 10.2 Å². The van der Waals surface area contributed by atoms with Crippen LogP contribution < -0.4 is 0 Å². The van der Waals surface area contributed by atoms with Gasteiger partial charge in [-0.3, -0.25) is 0 Å². The summed E-state index contributed by atoms with van der Waals surface area (Å²) in [5, 5.41) is 25.4. The lowest BCUT2D eigenvalue weighted by Crippen LogP contribution is -1.93. The van der Waals surface area contributed by atoms with Crippen molar-refractivity contribution in [1.29, 1.82) is 0 Å². The number of rotatable bonds is 2. The molecule has 5 aromatic rings. The second kappa shape index (κ2) is 7.42. The number of aromatic hydroxyl groups is 2. The molecule has 0 aromatic heterocycles. The first-order valence-electron chi connectivity index (χ1n) is 10.9. The first-order chi connectivity index (χ1) is 15.4. The molecule has 0 aliphatic carbocycles. The Morgan fingerprint density at radius 2 is 0.688 bits per heavy atom. The van der Waals surface area contributed by atoms with Crippen LogP contribution in [0.4, 0.5) is 0 Å². The molecule has 0 atom stereocenters. The zero-order chi connectivity index (χ0) is 22.6. The highest BCUT2D eigenvalue weighted by molar-refractivity contribution is 6.21. The van der Waals surface area contributed by atoms with Gasteiger partial charge in [-0.2, -0.15) is 0 Å². The molecule has 5 rings (SSSR count). The Bertz CT molecular complexity index is 1310. The molecule has 2 N–H and O–H groups in total. The molecule has 0 aliphatic rings. The van der Waals surface area contributed by atoms with E-state index >= 15 is 0 Å². The minimum atomic E-state index is 0.356. The van der Waals surface area contributed by atoms with Crippen molar-refractivity contribution in [3.05, 3.63) is 95.1 Å². The molecule has 32 heavy (non-hydrogen) atoms. The summed E-state index contributed by atoms with van der Waals surface area (Å²) < 4.78 is 0. The highest BCUT2D eigenvalue weighted by Crippen LogP contribution is 2.45. The molecular formula is C30H26O2. The molecule has 0 aliphatic heterocycles. The first-order valence-corrected chi connectivity index (χ1v) is 10.9. The average molecular weight is 419 g/mol. The molecule has 0 bridgehead atoms. The lowest BCUT2D eigenvalue weighted by Gasteiger charge is -2.19. The third-order valence-electron chi connectivity index (χ3n) is 6.49. The molecule has 5 aromatic carbocycles. The standard InChI is InChI=1S/C30H26O2/c1-17-13-21(14-18(2)29(17)31)27-23-9-5-7-11-25(23)28(26-12-8-6-10-24(26)27)22-15-19(3)30(32)20(4)16-22/h5-16,31-32H,1-4H3. The third kappa shape index (κ3) is 3.03. The summed E-state index contributed by atoms with van der Waals surface area (Å²) in [6, 6.07) is 25.3. The summed E-state index contributed by atoms with van der Waals surface area (Å²) in [6.07, 6.45) is 0. The van der Waals surface area contributed by atoms with Gasteiger partial charge >= 0.3 is 0 Å². The van der Waals surface area contributed by atoms with Gasteiger partial charge in [0.05, 0.1) is 0 Å². The summed E-state index contributed by atoms with van der Waals surface area (Å²) >= 11 is 0. The lowest BCUT2D eigenvalue weighted by molar-refractivity contribution is 0.466. The summed E-state index contributed by atoms with van der Waals surface area (Å²) in [5.41, 5.74) is 8.08.